The molecule has 1 fully saturated rings. The second kappa shape index (κ2) is 6.38. The Kier molecular flexibility index (Phi) is 4.57. The summed E-state index contributed by atoms with van der Waals surface area (Å²) in [4.78, 5) is 35.8. The maximum Gasteiger partial charge on any atom is 0.282 e. The zero-order chi connectivity index (χ0) is 14.5. The van der Waals surface area contributed by atoms with Gasteiger partial charge in [-0.25, -0.2) is 4.39 Å². The molecule has 0 atom stereocenters. The predicted molar refractivity (Wildman–Crippen MR) is 71.4 cm³/mol. The number of halogens is 1. The number of carbonyl (C=O) groups is 3. The average Bonchev–Trinajstić information content (AvgIpc) is 2.82. The molecule has 1 heterocycles. The van der Waals surface area contributed by atoms with Crippen molar-refractivity contribution in [2.45, 2.75) is 0 Å². The van der Waals surface area contributed by atoms with Gasteiger partial charge in [-0.15, -0.1) is 0 Å². The second-order valence-corrected chi connectivity index (χ2v) is 5.06. The van der Waals surface area contributed by atoms with Gasteiger partial charge in [-0.3, -0.25) is 25.2 Å². The van der Waals surface area contributed by atoms with Crippen LogP contribution in [0.4, 0.5) is 9.18 Å². The van der Waals surface area contributed by atoms with Crippen molar-refractivity contribution in [2.75, 3.05) is 18.8 Å². The minimum Gasteiger partial charge on any atom is -0.323 e. The Morgan fingerprint density at radius 2 is 2.05 bits per heavy atom. The van der Waals surface area contributed by atoms with Gasteiger partial charge in [0.25, 0.3) is 17.1 Å². The van der Waals surface area contributed by atoms with Gasteiger partial charge in [0.1, 0.15) is 12.4 Å². The number of thioether (sulfide) groups is 1. The van der Waals surface area contributed by atoms with E-state index in [0.29, 0.717) is 12.3 Å². The van der Waals surface area contributed by atoms with Crippen molar-refractivity contribution in [1.82, 2.24) is 15.8 Å². The SMILES string of the molecule is O=C(CN1CCSC1=O)NNC(=O)c1ccccc1F. The first-order valence-electron chi connectivity index (χ1n) is 5.83. The van der Waals surface area contributed by atoms with Gasteiger partial charge in [0, 0.05) is 12.3 Å². The summed E-state index contributed by atoms with van der Waals surface area (Å²) in [5.41, 5.74) is 4.09. The molecule has 0 unspecified atom stereocenters. The summed E-state index contributed by atoms with van der Waals surface area (Å²) in [5.74, 6) is -1.32. The van der Waals surface area contributed by atoms with Gasteiger partial charge in [-0.05, 0) is 12.1 Å². The van der Waals surface area contributed by atoms with E-state index in [0.717, 1.165) is 17.8 Å². The van der Waals surface area contributed by atoms with Crippen molar-refractivity contribution < 1.29 is 18.8 Å². The molecule has 2 N–H and O–H groups in total. The summed E-state index contributed by atoms with van der Waals surface area (Å²) in [5, 5.41) is -0.166. The van der Waals surface area contributed by atoms with Crippen molar-refractivity contribution in [2.24, 2.45) is 0 Å². The quantitative estimate of drug-likeness (QED) is 0.807. The molecule has 0 aliphatic carbocycles. The van der Waals surface area contributed by atoms with Crippen LogP contribution in [0.3, 0.4) is 0 Å². The lowest BCUT2D eigenvalue weighted by Crippen LogP contribution is -2.46. The van der Waals surface area contributed by atoms with Gasteiger partial charge < -0.3 is 4.90 Å². The number of nitrogens with zero attached hydrogens (tertiary/aromatic N) is 1. The largest absolute Gasteiger partial charge is 0.323 e. The number of hydrogen-bond donors (Lipinski definition) is 2. The molecule has 0 radical (unpaired) electrons. The second-order valence-electron chi connectivity index (χ2n) is 4.02. The third-order valence-corrected chi connectivity index (χ3v) is 3.51. The van der Waals surface area contributed by atoms with E-state index in [1.54, 1.807) is 0 Å². The van der Waals surface area contributed by atoms with Crippen LogP contribution in [0.2, 0.25) is 0 Å². The van der Waals surface area contributed by atoms with E-state index in [9.17, 15) is 18.8 Å². The lowest BCUT2D eigenvalue weighted by molar-refractivity contribution is -0.122. The van der Waals surface area contributed by atoms with E-state index < -0.39 is 17.6 Å². The zero-order valence-corrected chi connectivity index (χ0v) is 11.2. The van der Waals surface area contributed by atoms with Crippen LogP contribution in [0.5, 0.6) is 0 Å². The number of nitrogens with one attached hydrogen (secondary N) is 2. The molecule has 6 nitrogen and oxygen atoms in total. The predicted octanol–water partition coefficient (Wildman–Crippen LogP) is 0.755. The number of carbonyl (C=O) groups excluding carboxylic acids is 3. The molecule has 1 aliphatic heterocycles. The Bertz CT molecular complexity index is 553. The van der Waals surface area contributed by atoms with E-state index in [-0.39, 0.29) is 17.3 Å². The topological polar surface area (TPSA) is 78.5 Å². The standard InChI is InChI=1S/C12H12FN3O3S/c13-9-4-2-1-3-8(9)11(18)15-14-10(17)7-16-5-6-20-12(16)19/h1-4H,5-7H2,(H,14,17)(H,15,18). The van der Waals surface area contributed by atoms with Crippen molar-refractivity contribution in [3.05, 3.63) is 35.6 Å². The minimum absolute atomic E-state index is 0.136. The third kappa shape index (κ3) is 3.47. The Hall–Kier alpha value is -2.09. The van der Waals surface area contributed by atoms with Crippen LogP contribution >= 0.6 is 11.8 Å². The van der Waals surface area contributed by atoms with Gasteiger partial charge in [-0.2, -0.15) is 0 Å². The molecule has 1 aromatic carbocycles. The smallest absolute Gasteiger partial charge is 0.282 e. The maximum atomic E-state index is 13.3. The van der Waals surface area contributed by atoms with Crippen molar-refractivity contribution in [3.63, 3.8) is 0 Å². The number of hydrazine groups is 1. The fraction of sp³-hybridized carbons (Fsp3) is 0.250. The first-order valence-corrected chi connectivity index (χ1v) is 6.82. The normalized spacial score (nSPS) is 14.2. The minimum atomic E-state index is -0.751. The van der Waals surface area contributed by atoms with Gasteiger partial charge in [0.05, 0.1) is 5.56 Å². The highest BCUT2D eigenvalue weighted by Gasteiger charge is 2.23. The Morgan fingerprint density at radius 1 is 1.30 bits per heavy atom. The van der Waals surface area contributed by atoms with E-state index in [1.165, 1.54) is 23.1 Å². The highest BCUT2D eigenvalue weighted by atomic mass is 32.2. The number of hydrogen-bond acceptors (Lipinski definition) is 4. The summed E-state index contributed by atoms with van der Waals surface area (Å²) in [7, 11) is 0. The monoisotopic (exact) mass is 297 g/mol. The first-order chi connectivity index (χ1) is 9.58. The summed E-state index contributed by atoms with van der Waals surface area (Å²) < 4.78 is 13.3. The Morgan fingerprint density at radius 3 is 2.70 bits per heavy atom. The van der Waals surface area contributed by atoms with Crippen molar-refractivity contribution >= 4 is 28.8 Å². The molecule has 0 bridgehead atoms. The van der Waals surface area contributed by atoms with Gasteiger partial charge in [0.2, 0.25) is 0 Å². The van der Waals surface area contributed by atoms with E-state index in [2.05, 4.69) is 10.9 Å². The van der Waals surface area contributed by atoms with Crippen LogP contribution < -0.4 is 10.9 Å². The number of benzene rings is 1. The molecule has 8 heteroatoms. The molecule has 1 aliphatic rings. The van der Waals surface area contributed by atoms with Crippen molar-refractivity contribution in [1.29, 1.82) is 0 Å². The van der Waals surface area contributed by atoms with E-state index >= 15 is 0 Å². The molecule has 2 rings (SSSR count). The first kappa shape index (κ1) is 14.3. The molecular weight excluding hydrogens is 285 g/mol. The fourth-order valence-electron chi connectivity index (χ4n) is 1.62. The molecule has 106 valence electrons. The van der Waals surface area contributed by atoms with Crippen LogP contribution in [0, 0.1) is 5.82 Å². The van der Waals surface area contributed by atoms with Crippen LogP contribution in [-0.4, -0.2) is 40.8 Å². The summed E-state index contributed by atoms with van der Waals surface area (Å²) in [6, 6.07) is 5.43. The van der Waals surface area contributed by atoms with Gasteiger partial charge in [-0.1, -0.05) is 23.9 Å². The molecule has 3 amide bonds. The van der Waals surface area contributed by atoms with Crippen LogP contribution in [0.25, 0.3) is 0 Å². The number of rotatable bonds is 3. The fourth-order valence-corrected chi connectivity index (χ4v) is 2.45. The molecule has 0 saturated carbocycles. The lowest BCUT2D eigenvalue weighted by Gasteiger charge is -2.14. The number of amides is 3. The average molecular weight is 297 g/mol. The molecule has 0 spiro atoms. The zero-order valence-electron chi connectivity index (χ0n) is 10.4. The van der Waals surface area contributed by atoms with E-state index in [4.69, 9.17) is 0 Å². The van der Waals surface area contributed by atoms with Crippen LogP contribution in [-0.2, 0) is 4.79 Å². The lowest BCUT2D eigenvalue weighted by atomic mass is 10.2. The highest BCUT2D eigenvalue weighted by molar-refractivity contribution is 8.13. The van der Waals surface area contributed by atoms with Crippen LogP contribution in [0.15, 0.2) is 24.3 Å². The summed E-state index contributed by atoms with van der Waals surface area (Å²) in [6.07, 6.45) is 0. The molecule has 20 heavy (non-hydrogen) atoms. The molecular formula is C12H12FN3O3S. The van der Waals surface area contributed by atoms with Crippen LogP contribution in [0.1, 0.15) is 10.4 Å². The third-order valence-electron chi connectivity index (χ3n) is 2.61. The van der Waals surface area contributed by atoms with E-state index in [1.807, 2.05) is 0 Å². The molecule has 1 saturated heterocycles. The van der Waals surface area contributed by atoms with Gasteiger partial charge in [0.15, 0.2) is 0 Å². The molecule has 1 aromatic rings. The Balaban J connectivity index is 1.83. The van der Waals surface area contributed by atoms with Gasteiger partial charge >= 0.3 is 0 Å². The Labute approximate surface area is 118 Å². The summed E-state index contributed by atoms with van der Waals surface area (Å²) >= 11 is 1.14. The van der Waals surface area contributed by atoms with Crippen molar-refractivity contribution in [3.8, 4) is 0 Å². The maximum absolute atomic E-state index is 13.3. The summed E-state index contributed by atoms with van der Waals surface area (Å²) in [6.45, 7) is 0.363. The molecule has 0 aromatic heterocycles. The highest BCUT2D eigenvalue weighted by Crippen LogP contribution is 2.16.